The molecule has 0 radical (unpaired) electrons. The lowest BCUT2D eigenvalue weighted by Gasteiger charge is -2.10. The number of halogens is 2. The summed E-state index contributed by atoms with van der Waals surface area (Å²) in [6, 6.07) is 6.34. The van der Waals surface area contributed by atoms with Crippen LogP contribution in [0, 0.1) is 25.5 Å². The van der Waals surface area contributed by atoms with E-state index in [0.29, 0.717) is 22.4 Å². The molecule has 2 aromatic carbocycles. The van der Waals surface area contributed by atoms with Gasteiger partial charge in [-0.25, -0.2) is 8.78 Å². The lowest BCUT2D eigenvalue weighted by molar-refractivity contribution is 0.103. The zero-order valence-corrected chi connectivity index (χ0v) is 10.6. The summed E-state index contributed by atoms with van der Waals surface area (Å²) in [5.74, 6) is -1.54. The minimum absolute atomic E-state index is 0.0993. The van der Waals surface area contributed by atoms with Crippen molar-refractivity contribution < 1.29 is 13.6 Å². The SMILES string of the molecule is Cc1cc(F)cc(C)c1C(=O)c1cc(N)ccc1F. The maximum Gasteiger partial charge on any atom is 0.196 e. The molecular weight excluding hydrogens is 248 g/mol. The van der Waals surface area contributed by atoms with Crippen molar-refractivity contribution in [3.05, 3.63) is 64.2 Å². The average molecular weight is 261 g/mol. The molecule has 98 valence electrons. The molecule has 0 aromatic heterocycles. The zero-order valence-electron chi connectivity index (χ0n) is 10.6. The number of benzene rings is 2. The summed E-state index contributed by atoms with van der Waals surface area (Å²) in [5.41, 5.74) is 7.04. The highest BCUT2D eigenvalue weighted by molar-refractivity contribution is 6.11. The number of ketones is 1. The van der Waals surface area contributed by atoms with Gasteiger partial charge < -0.3 is 5.73 Å². The van der Waals surface area contributed by atoms with Crippen molar-refractivity contribution in [1.82, 2.24) is 0 Å². The van der Waals surface area contributed by atoms with Gasteiger partial charge in [0.05, 0.1) is 5.56 Å². The molecule has 0 bridgehead atoms. The van der Waals surface area contributed by atoms with Crippen LogP contribution < -0.4 is 5.73 Å². The van der Waals surface area contributed by atoms with Crippen LogP contribution in [0.15, 0.2) is 30.3 Å². The molecule has 0 saturated carbocycles. The summed E-state index contributed by atoms with van der Waals surface area (Å²) in [6.07, 6.45) is 0. The van der Waals surface area contributed by atoms with E-state index in [-0.39, 0.29) is 5.56 Å². The van der Waals surface area contributed by atoms with Crippen LogP contribution in [0.1, 0.15) is 27.0 Å². The number of aryl methyl sites for hydroxylation is 2. The number of hydrogen-bond acceptors (Lipinski definition) is 2. The third-order valence-corrected chi connectivity index (χ3v) is 2.96. The number of nitrogen functional groups attached to an aromatic ring is 1. The highest BCUT2D eigenvalue weighted by Gasteiger charge is 2.19. The summed E-state index contributed by atoms with van der Waals surface area (Å²) in [5, 5.41) is 0. The molecule has 2 N–H and O–H groups in total. The molecule has 2 aromatic rings. The van der Waals surface area contributed by atoms with Gasteiger partial charge in [0.1, 0.15) is 11.6 Å². The van der Waals surface area contributed by atoms with Crippen molar-refractivity contribution in [2.24, 2.45) is 0 Å². The number of nitrogens with two attached hydrogens (primary N) is 1. The van der Waals surface area contributed by atoms with Crippen molar-refractivity contribution in [2.45, 2.75) is 13.8 Å². The zero-order chi connectivity index (χ0) is 14.2. The van der Waals surface area contributed by atoms with Gasteiger partial charge in [-0.05, 0) is 55.3 Å². The van der Waals surface area contributed by atoms with Crippen LogP contribution in [-0.2, 0) is 0 Å². The first kappa shape index (κ1) is 13.2. The van der Waals surface area contributed by atoms with E-state index in [0.717, 1.165) is 6.07 Å². The number of carbonyl (C=O) groups excluding carboxylic acids is 1. The predicted molar refractivity (Wildman–Crippen MR) is 70.1 cm³/mol. The molecule has 2 rings (SSSR count). The molecule has 0 unspecified atom stereocenters. The maximum absolute atomic E-state index is 13.7. The largest absolute Gasteiger partial charge is 0.399 e. The molecule has 0 fully saturated rings. The highest BCUT2D eigenvalue weighted by Crippen LogP contribution is 2.22. The Morgan fingerprint density at radius 2 is 1.63 bits per heavy atom. The van der Waals surface area contributed by atoms with E-state index in [4.69, 9.17) is 5.73 Å². The Morgan fingerprint density at radius 3 is 2.21 bits per heavy atom. The quantitative estimate of drug-likeness (QED) is 0.665. The first-order chi connectivity index (χ1) is 8.90. The second-order valence-corrected chi connectivity index (χ2v) is 4.48. The van der Waals surface area contributed by atoms with E-state index < -0.39 is 17.4 Å². The third-order valence-electron chi connectivity index (χ3n) is 2.96. The first-order valence-corrected chi connectivity index (χ1v) is 5.76. The Hall–Kier alpha value is -2.23. The fourth-order valence-electron chi connectivity index (χ4n) is 2.12. The van der Waals surface area contributed by atoms with E-state index in [2.05, 4.69) is 0 Å². The van der Waals surface area contributed by atoms with E-state index in [1.54, 1.807) is 13.8 Å². The number of hydrogen-bond donors (Lipinski definition) is 1. The molecule has 4 heteroatoms. The van der Waals surface area contributed by atoms with Gasteiger partial charge in [0.15, 0.2) is 5.78 Å². The van der Waals surface area contributed by atoms with E-state index in [1.165, 1.54) is 24.3 Å². The Kier molecular flexibility index (Phi) is 3.34. The minimum atomic E-state index is -0.637. The lowest BCUT2D eigenvalue weighted by Crippen LogP contribution is -2.09. The lowest BCUT2D eigenvalue weighted by atomic mass is 9.94. The summed E-state index contributed by atoms with van der Waals surface area (Å²) in [6.45, 7) is 3.24. The fourth-order valence-corrected chi connectivity index (χ4v) is 2.12. The maximum atomic E-state index is 13.7. The van der Waals surface area contributed by atoms with Gasteiger partial charge in [-0.15, -0.1) is 0 Å². The monoisotopic (exact) mass is 261 g/mol. The number of anilines is 1. The normalized spacial score (nSPS) is 10.5. The van der Waals surface area contributed by atoms with E-state index in [9.17, 15) is 13.6 Å². The smallest absolute Gasteiger partial charge is 0.196 e. The molecule has 0 atom stereocenters. The van der Waals surface area contributed by atoms with Gasteiger partial charge in [0.2, 0.25) is 0 Å². The minimum Gasteiger partial charge on any atom is -0.399 e. The molecular formula is C15H13F2NO. The van der Waals surface area contributed by atoms with E-state index >= 15 is 0 Å². The molecule has 19 heavy (non-hydrogen) atoms. The van der Waals surface area contributed by atoms with Gasteiger partial charge in [-0.1, -0.05) is 0 Å². The van der Waals surface area contributed by atoms with Crippen LogP contribution >= 0.6 is 0 Å². The molecule has 0 heterocycles. The summed E-state index contributed by atoms with van der Waals surface area (Å²) in [7, 11) is 0. The molecule has 2 nitrogen and oxygen atoms in total. The van der Waals surface area contributed by atoms with Crippen LogP contribution in [0.4, 0.5) is 14.5 Å². The van der Waals surface area contributed by atoms with Crippen molar-refractivity contribution in [3.63, 3.8) is 0 Å². The average Bonchev–Trinajstić information content (AvgIpc) is 2.30. The molecule has 0 aliphatic carbocycles. The second-order valence-electron chi connectivity index (χ2n) is 4.48. The first-order valence-electron chi connectivity index (χ1n) is 5.76. The second kappa shape index (κ2) is 4.80. The topological polar surface area (TPSA) is 43.1 Å². The Labute approximate surface area is 109 Å². The van der Waals surface area contributed by atoms with Crippen LogP contribution in [0.3, 0.4) is 0 Å². The molecule has 0 amide bonds. The predicted octanol–water partition coefficient (Wildman–Crippen LogP) is 3.39. The molecule has 0 aliphatic rings. The Balaban J connectivity index is 2.59. The third kappa shape index (κ3) is 2.47. The molecule has 0 saturated heterocycles. The van der Waals surface area contributed by atoms with Crippen LogP contribution in [-0.4, -0.2) is 5.78 Å². The molecule has 0 spiro atoms. The van der Waals surface area contributed by atoms with Crippen LogP contribution in [0.2, 0.25) is 0 Å². The highest BCUT2D eigenvalue weighted by atomic mass is 19.1. The Morgan fingerprint density at radius 1 is 1.05 bits per heavy atom. The summed E-state index contributed by atoms with van der Waals surface area (Å²) in [4.78, 5) is 12.4. The van der Waals surface area contributed by atoms with Gasteiger partial charge in [-0.2, -0.15) is 0 Å². The Bertz CT molecular complexity index is 642. The van der Waals surface area contributed by atoms with Gasteiger partial charge in [0, 0.05) is 11.3 Å². The fraction of sp³-hybridized carbons (Fsp3) is 0.133. The number of carbonyl (C=O) groups is 1. The van der Waals surface area contributed by atoms with Crippen LogP contribution in [0.5, 0.6) is 0 Å². The van der Waals surface area contributed by atoms with Gasteiger partial charge >= 0.3 is 0 Å². The van der Waals surface area contributed by atoms with Crippen molar-refractivity contribution in [2.75, 3.05) is 5.73 Å². The van der Waals surface area contributed by atoms with Crippen molar-refractivity contribution in [1.29, 1.82) is 0 Å². The van der Waals surface area contributed by atoms with E-state index in [1.807, 2.05) is 0 Å². The van der Waals surface area contributed by atoms with Crippen molar-refractivity contribution in [3.8, 4) is 0 Å². The number of rotatable bonds is 2. The van der Waals surface area contributed by atoms with Gasteiger partial charge in [0.25, 0.3) is 0 Å². The van der Waals surface area contributed by atoms with Crippen molar-refractivity contribution >= 4 is 11.5 Å². The summed E-state index contributed by atoms with van der Waals surface area (Å²) >= 11 is 0. The molecule has 0 aliphatic heterocycles. The van der Waals surface area contributed by atoms with Crippen LogP contribution in [0.25, 0.3) is 0 Å². The standard InChI is InChI=1S/C15H13F2NO/c1-8-5-10(16)6-9(2)14(8)15(19)12-7-11(18)3-4-13(12)17/h3-7H,18H2,1-2H3. The van der Waals surface area contributed by atoms with Gasteiger partial charge in [-0.3, -0.25) is 4.79 Å². The summed E-state index contributed by atoms with van der Waals surface area (Å²) < 4.78 is 26.9.